The predicted octanol–water partition coefficient (Wildman–Crippen LogP) is 7.13. The maximum Gasteiger partial charge on any atom is 0.416 e. The third-order valence-electron chi connectivity index (χ3n) is 6.08. The molecule has 1 aliphatic heterocycles. The first-order chi connectivity index (χ1) is 20.3. The average molecular weight is 648 g/mol. The molecule has 1 aliphatic rings. The van der Waals surface area contributed by atoms with E-state index in [0.29, 0.717) is 35.3 Å². The van der Waals surface area contributed by atoms with Crippen LogP contribution in [0.1, 0.15) is 28.8 Å². The minimum absolute atomic E-state index is 0.216. The number of urea groups is 1. The van der Waals surface area contributed by atoms with Gasteiger partial charge in [-0.1, -0.05) is 17.7 Å². The Balaban J connectivity index is 1.63. The summed E-state index contributed by atoms with van der Waals surface area (Å²) < 4.78 is 94.8. The molecule has 0 aromatic heterocycles. The van der Waals surface area contributed by atoms with E-state index < -0.39 is 69.4 Å². The molecule has 3 aromatic carbocycles. The molecule has 1 saturated heterocycles. The number of nitrogens with zero attached hydrogens (tertiary/aromatic N) is 2. The van der Waals surface area contributed by atoms with Gasteiger partial charge in [-0.05, 0) is 55.3 Å². The van der Waals surface area contributed by atoms with Gasteiger partial charge in [0.25, 0.3) is 5.91 Å². The van der Waals surface area contributed by atoms with Crippen molar-refractivity contribution in [2.75, 3.05) is 18.0 Å². The molecule has 43 heavy (non-hydrogen) atoms. The number of ether oxygens (including phenoxy) is 2. The maximum atomic E-state index is 15.5. The number of rotatable bonds is 7. The molecule has 0 unspecified atom stereocenters. The van der Waals surface area contributed by atoms with E-state index in [9.17, 15) is 36.3 Å². The fraction of sp³-hybridized carbons (Fsp3) is 0.222. The van der Waals surface area contributed by atoms with Crippen LogP contribution in [0.2, 0.25) is 5.02 Å². The number of amides is 3. The molecule has 8 nitrogen and oxygen atoms in total. The number of anilines is 1. The second-order valence-corrected chi connectivity index (χ2v) is 10.3. The standard InChI is InChI=1S/C27H20ClF6N3O5S/c1-41-25(39)21-6-3-11-36(21)43-37(26(40)35-24(38)23-17(29)4-2-5-18(23)30)20-9-8-15(13-19(20)31)42-22-10-7-14(12-16(22)28)27(32,33)34/h2,4-5,7-10,12-13,21H,3,6,11H2,1H3,(H,35,38,40)/t21-/m0/s1. The second kappa shape index (κ2) is 13.1. The molecule has 3 aromatic rings. The molecular weight excluding hydrogens is 628 g/mol. The number of benzene rings is 3. The topological polar surface area (TPSA) is 88.2 Å². The van der Waals surface area contributed by atoms with Crippen LogP contribution < -0.4 is 14.4 Å². The highest BCUT2D eigenvalue weighted by Crippen LogP contribution is 2.39. The summed E-state index contributed by atoms with van der Waals surface area (Å²) in [5.74, 6) is -6.12. The Morgan fingerprint density at radius 3 is 2.33 bits per heavy atom. The van der Waals surface area contributed by atoms with Crippen LogP contribution in [0, 0.1) is 17.5 Å². The summed E-state index contributed by atoms with van der Waals surface area (Å²) in [5.41, 5.74) is -2.54. The zero-order valence-electron chi connectivity index (χ0n) is 21.9. The van der Waals surface area contributed by atoms with E-state index in [-0.39, 0.29) is 18.0 Å². The molecule has 16 heteroatoms. The number of esters is 1. The monoisotopic (exact) mass is 647 g/mol. The van der Waals surface area contributed by atoms with Crippen LogP contribution in [0.5, 0.6) is 11.5 Å². The molecular formula is C27H20ClF6N3O5S. The van der Waals surface area contributed by atoms with Gasteiger partial charge in [-0.25, -0.2) is 26.6 Å². The zero-order chi connectivity index (χ0) is 31.5. The van der Waals surface area contributed by atoms with Crippen molar-refractivity contribution in [2.24, 2.45) is 0 Å². The summed E-state index contributed by atoms with van der Waals surface area (Å²) in [7, 11) is 1.16. The minimum atomic E-state index is -4.65. The summed E-state index contributed by atoms with van der Waals surface area (Å²) in [5, 5.41) is 1.41. The van der Waals surface area contributed by atoms with Crippen molar-refractivity contribution in [2.45, 2.75) is 25.1 Å². The molecule has 0 radical (unpaired) electrons. The van der Waals surface area contributed by atoms with Gasteiger partial charge in [-0.2, -0.15) is 13.2 Å². The van der Waals surface area contributed by atoms with Crippen LogP contribution in [0.15, 0.2) is 54.6 Å². The SMILES string of the molecule is COC(=O)[C@@H]1CCCN1SN(C(=O)NC(=O)c1c(F)cccc1F)c1ccc(Oc2ccc(C(F)(F)F)cc2Cl)cc1F. The summed E-state index contributed by atoms with van der Waals surface area (Å²) in [6.45, 7) is 0.249. The maximum absolute atomic E-state index is 15.5. The molecule has 4 rings (SSSR count). The van der Waals surface area contributed by atoms with E-state index in [2.05, 4.69) is 0 Å². The van der Waals surface area contributed by atoms with E-state index >= 15 is 4.39 Å². The lowest BCUT2D eigenvalue weighted by molar-refractivity contribution is -0.144. The molecule has 1 atom stereocenters. The van der Waals surface area contributed by atoms with Crippen LogP contribution in [-0.2, 0) is 15.7 Å². The number of carbonyl (C=O) groups is 3. The number of imide groups is 1. The van der Waals surface area contributed by atoms with Crippen molar-refractivity contribution in [3.8, 4) is 11.5 Å². The Labute approximate surface area is 249 Å². The van der Waals surface area contributed by atoms with Gasteiger partial charge in [0.15, 0.2) is 5.82 Å². The number of hydrogen-bond donors (Lipinski definition) is 1. The number of hydrogen-bond acceptors (Lipinski definition) is 7. The van der Waals surface area contributed by atoms with Crippen LogP contribution in [0.3, 0.4) is 0 Å². The van der Waals surface area contributed by atoms with Gasteiger partial charge in [-0.3, -0.25) is 14.9 Å². The first-order valence-electron chi connectivity index (χ1n) is 12.3. The number of nitrogens with one attached hydrogen (secondary N) is 1. The van der Waals surface area contributed by atoms with Crippen molar-refractivity contribution in [1.82, 2.24) is 9.62 Å². The zero-order valence-corrected chi connectivity index (χ0v) is 23.5. The molecule has 1 N–H and O–H groups in total. The Kier molecular flexibility index (Phi) is 9.77. The van der Waals surface area contributed by atoms with Gasteiger partial charge >= 0.3 is 18.2 Å². The number of halogens is 7. The quantitative estimate of drug-likeness (QED) is 0.166. The lowest BCUT2D eigenvalue weighted by Gasteiger charge is -2.28. The van der Waals surface area contributed by atoms with Crippen molar-refractivity contribution in [3.05, 3.63) is 88.2 Å². The summed E-state index contributed by atoms with van der Waals surface area (Å²) >= 11 is 6.45. The summed E-state index contributed by atoms with van der Waals surface area (Å²) in [6.07, 6.45) is -3.80. The van der Waals surface area contributed by atoms with Crippen molar-refractivity contribution < 1.29 is 50.2 Å². The first-order valence-corrected chi connectivity index (χ1v) is 13.4. The molecule has 3 amide bonds. The third kappa shape index (κ3) is 7.35. The Bertz CT molecular complexity index is 1540. The molecule has 228 valence electrons. The van der Waals surface area contributed by atoms with E-state index in [1.807, 2.05) is 5.32 Å². The Hall–Kier alpha value is -3.95. The van der Waals surface area contributed by atoms with E-state index in [1.165, 1.54) is 4.31 Å². The highest BCUT2D eigenvalue weighted by atomic mass is 35.5. The van der Waals surface area contributed by atoms with Crippen molar-refractivity contribution >= 4 is 47.3 Å². The van der Waals surface area contributed by atoms with Gasteiger partial charge in [-0.15, -0.1) is 0 Å². The summed E-state index contributed by atoms with van der Waals surface area (Å²) in [4.78, 5) is 38.1. The fourth-order valence-electron chi connectivity index (χ4n) is 4.03. The predicted molar refractivity (Wildman–Crippen MR) is 144 cm³/mol. The third-order valence-corrected chi connectivity index (χ3v) is 7.55. The Morgan fingerprint density at radius 2 is 1.72 bits per heavy atom. The number of alkyl halides is 3. The number of methoxy groups -OCH3 is 1. The normalized spacial score (nSPS) is 15.2. The van der Waals surface area contributed by atoms with Crippen LogP contribution in [0.4, 0.5) is 36.8 Å². The lowest BCUT2D eigenvalue weighted by atomic mass is 10.2. The average Bonchev–Trinajstić information content (AvgIpc) is 3.40. The largest absolute Gasteiger partial charge is 0.468 e. The van der Waals surface area contributed by atoms with E-state index in [0.717, 1.165) is 55.6 Å². The highest BCUT2D eigenvalue weighted by Gasteiger charge is 2.37. The highest BCUT2D eigenvalue weighted by molar-refractivity contribution is 7.99. The van der Waals surface area contributed by atoms with Crippen LogP contribution in [0.25, 0.3) is 0 Å². The molecule has 0 aliphatic carbocycles. The van der Waals surface area contributed by atoms with E-state index in [4.69, 9.17) is 21.1 Å². The molecule has 0 bridgehead atoms. The van der Waals surface area contributed by atoms with Crippen molar-refractivity contribution in [3.63, 3.8) is 0 Å². The molecule has 1 fully saturated rings. The minimum Gasteiger partial charge on any atom is -0.468 e. The summed E-state index contributed by atoms with van der Waals surface area (Å²) in [6, 6.07) is 5.78. The van der Waals surface area contributed by atoms with Gasteiger partial charge < -0.3 is 9.47 Å². The van der Waals surface area contributed by atoms with Gasteiger partial charge in [0.1, 0.15) is 34.7 Å². The molecule has 0 spiro atoms. The van der Waals surface area contributed by atoms with Gasteiger partial charge in [0, 0.05) is 24.7 Å². The van der Waals surface area contributed by atoms with Crippen LogP contribution in [-0.4, -0.2) is 41.9 Å². The van der Waals surface area contributed by atoms with Crippen molar-refractivity contribution in [1.29, 1.82) is 0 Å². The second-order valence-electron chi connectivity index (χ2n) is 8.91. The fourth-order valence-corrected chi connectivity index (χ4v) is 5.33. The Morgan fingerprint density at radius 1 is 1.02 bits per heavy atom. The molecule has 0 saturated carbocycles. The van der Waals surface area contributed by atoms with E-state index in [1.54, 1.807) is 0 Å². The first kappa shape index (κ1) is 32.0. The lowest BCUT2D eigenvalue weighted by Crippen LogP contribution is -2.44. The van der Waals surface area contributed by atoms with Gasteiger partial charge in [0.05, 0.1) is 23.4 Å². The number of carbonyl (C=O) groups excluding carboxylic acids is 3. The van der Waals surface area contributed by atoms with Gasteiger partial charge in [0.2, 0.25) is 0 Å². The smallest absolute Gasteiger partial charge is 0.416 e. The van der Waals surface area contributed by atoms with Crippen LogP contribution >= 0.6 is 23.7 Å². The molecule has 1 heterocycles.